The van der Waals surface area contributed by atoms with Crippen LogP contribution in [0.15, 0.2) is 28.7 Å². The van der Waals surface area contributed by atoms with Gasteiger partial charge in [0.2, 0.25) is 5.91 Å². The van der Waals surface area contributed by atoms with Crippen LogP contribution in [0, 0.1) is 5.92 Å². The first-order chi connectivity index (χ1) is 7.61. The Morgan fingerprint density at radius 3 is 2.56 bits per heavy atom. The summed E-state index contributed by atoms with van der Waals surface area (Å²) in [4.78, 5) is 11.7. The summed E-state index contributed by atoms with van der Waals surface area (Å²) in [6, 6.07) is 7.63. The van der Waals surface area contributed by atoms with E-state index in [0.29, 0.717) is 12.3 Å². The van der Waals surface area contributed by atoms with Gasteiger partial charge in [-0.15, -0.1) is 0 Å². The lowest BCUT2D eigenvalue weighted by atomic mass is 10.0. The maximum absolute atomic E-state index is 11.7. The average molecular weight is 284 g/mol. The van der Waals surface area contributed by atoms with Crippen molar-refractivity contribution in [2.45, 2.75) is 33.1 Å². The molecule has 1 N–H and O–H groups in total. The van der Waals surface area contributed by atoms with Gasteiger partial charge in [-0.05, 0) is 30.2 Å². The predicted octanol–water partition coefficient (Wildman–Crippen LogP) is 4.21. The second-order valence-corrected chi connectivity index (χ2v) is 5.07. The number of benzene rings is 1. The number of rotatable bonds is 5. The molecular formula is C13H18BrNO. The normalized spacial score (nSPS) is 12.2. The van der Waals surface area contributed by atoms with Gasteiger partial charge in [-0.25, -0.2) is 0 Å². The van der Waals surface area contributed by atoms with Gasteiger partial charge in [-0.1, -0.05) is 42.6 Å². The van der Waals surface area contributed by atoms with E-state index in [0.717, 1.165) is 23.0 Å². The molecule has 1 atom stereocenters. The van der Waals surface area contributed by atoms with Crippen molar-refractivity contribution in [2.75, 3.05) is 5.32 Å². The minimum Gasteiger partial charge on any atom is -0.326 e. The Labute approximate surface area is 106 Å². The Morgan fingerprint density at radius 2 is 2.00 bits per heavy atom. The summed E-state index contributed by atoms with van der Waals surface area (Å²) in [6.07, 6.45) is 2.84. The Bertz CT molecular complexity index is 334. The third kappa shape index (κ3) is 4.79. The van der Waals surface area contributed by atoms with Gasteiger partial charge in [-0.2, -0.15) is 0 Å². The fourth-order valence-corrected chi connectivity index (χ4v) is 1.92. The highest BCUT2D eigenvalue weighted by Crippen LogP contribution is 2.16. The molecule has 88 valence electrons. The van der Waals surface area contributed by atoms with Gasteiger partial charge < -0.3 is 5.32 Å². The number of halogens is 1. The van der Waals surface area contributed by atoms with Crippen molar-refractivity contribution >= 4 is 27.5 Å². The largest absolute Gasteiger partial charge is 0.326 e. The van der Waals surface area contributed by atoms with Crippen molar-refractivity contribution in [2.24, 2.45) is 5.92 Å². The molecule has 0 radical (unpaired) electrons. The minimum absolute atomic E-state index is 0.100. The third-order valence-corrected chi connectivity index (χ3v) is 2.97. The monoisotopic (exact) mass is 283 g/mol. The first-order valence-corrected chi connectivity index (χ1v) is 6.46. The first-order valence-electron chi connectivity index (χ1n) is 5.67. The highest BCUT2D eigenvalue weighted by Gasteiger charge is 2.08. The lowest BCUT2D eigenvalue weighted by Gasteiger charge is -2.10. The smallest absolute Gasteiger partial charge is 0.224 e. The van der Waals surface area contributed by atoms with Crippen LogP contribution in [0.25, 0.3) is 0 Å². The second-order valence-electron chi connectivity index (χ2n) is 4.15. The maximum atomic E-state index is 11.7. The van der Waals surface area contributed by atoms with Crippen LogP contribution in [-0.4, -0.2) is 5.91 Å². The number of carbonyl (C=O) groups excluding carboxylic acids is 1. The maximum Gasteiger partial charge on any atom is 0.224 e. The van der Waals surface area contributed by atoms with Crippen molar-refractivity contribution in [3.8, 4) is 0 Å². The Kier molecular flexibility index (Phi) is 5.53. The summed E-state index contributed by atoms with van der Waals surface area (Å²) in [6.45, 7) is 4.26. The van der Waals surface area contributed by atoms with E-state index in [2.05, 4.69) is 35.1 Å². The highest BCUT2D eigenvalue weighted by atomic mass is 79.9. The number of carbonyl (C=O) groups is 1. The molecule has 0 heterocycles. The highest BCUT2D eigenvalue weighted by molar-refractivity contribution is 9.10. The predicted molar refractivity (Wildman–Crippen MR) is 71.5 cm³/mol. The van der Waals surface area contributed by atoms with Crippen LogP contribution in [-0.2, 0) is 4.79 Å². The fourth-order valence-electron chi connectivity index (χ4n) is 1.66. The minimum atomic E-state index is 0.100. The number of nitrogens with one attached hydrogen (secondary N) is 1. The molecule has 0 aliphatic heterocycles. The molecule has 0 aliphatic carbocycles. The van der Waals surface area contributed by atoms with E-state index in [9.17, 15) is 4.79 Å². The standard InChI is InChI=1S/C13H18BrNO/c1-3-4-10(2)9-13(16)15-12-7-5-11(14)6-8-12/h5-8,10H,3-4,9H2,1-2H3,(H,15,16). The van der Waals surface area contributed by atoms with E-state index in [-0.39, 0.29) is 5.91 Å². The quantitative estimate of drug-likeness (QED) is 0.862. The van der Waals surface area contributed by atoms with Crippen molar-refractivity contribution in [3.05, 3.63) is 28.7 Å². The number of hydrogen-bond acceptors (Lipinski definition) is 1. The summed E-state index contributed by atoms with van der Waals surface area (Å²) in [5, 5.41) is 2.90. The molecular weight excluding hydrogens is 266 g/mol. The summed E-state index contributed by atoms with van der Waals surface area (Å²) in [5.74, 6) is 0.559. The third-order valence-electron chi connectivity index (χ3n) is 2.44. The van der Waals surface area contributed by atoms with Crippen LogP contribution < -0.4 is 5.32 Å². The summed E-state index contributed by atoms with van der Waals surface area (Å²) >= 11 is 3.36. The molecule has 1 unspecified atom stereocenters. The number of amides is 1. The average Bonchev–Trinajstić information content (AvgIpc) is 2.21. The summed E-state index contributed by atoms with van der Waals surface area (Å²) in [7, 11) is 0. The molecule has 1 aromatic carbocycles. The summed E-state index contributed by atoms with van der Waals surface area (Å²) in [5.41, 5.74) is 0.858. The molecule has 0 saturated heterocycles. The molecule has 0 saturated carbocycles. The molecule has 16 heavy (non-hydrogen) atoms. The van der Waals surface area contributed by atoms with Crippen molar-refractivity contribution in [1.82, 2.24) is 0 Å². The molecule has 3 heteroatoms. The van der Waals surface area contributed by atoms with E-state index >= 15 is 0 Å². The second kappa shape index (κ2) is 6.69. The first kappa shape index (κ1) is 13.2. The van der Waals surface area contributed by atoms with Crippen LogP contribution >= 0.6 is 15.9 Å². The van der Waals surface area contributed by atoms with E-state index in [1.807, 2.05) is 24.3 Å². The number of hydrogen-bond donors (Lipinski definition) is 1. The molecule has 0 bridgehead atoms. The molecule has 1 aromatic rings. The van der Waals surface area contributed by atoms with Gasteiger partial charge in [0, 0.05) is 16.6 Å². The van der Waals surface area contributed by atoms with Crippen LogP contribution in [0.2, 0.25) is 0 Å². The van der Waals surface area contributed by atoms with Gasteiger partial charge in [0.25, 0.3) is 0 Å². The van der Waals surface area contributed by atoms with Crippen LogP contribution in [0.4, 0.5) is 5.69 Å². The van der Waals surface area contributed by atoms with Gasteiger partial charge in [0.15, 0.2) is 0 Å². The van der Waals surface area contributed by atoms with Gasteiger partial charge in [0.05, 0.1) is 0 Å². The zero-order chi connectivity index (χ0) is 12.0. The molecule has 0 aliphatic rings. The number of anilines is 1. The van der Waals surface area contributed by atoms with Gasteiger partial charge >= 0.3 is 0 Å². The zero-order valence-electron chi connectivity index (χ0n) is 9.79. The molecule has 0 aromatic heterocycles. The SMILES string of the molecule is CCCC(C)CC(=O)Nc1ccc(Br)cc1. The van der Waals surface area contributed by atoms with Crippen LogP contribution in [0.3, 0.4) is 0 Å². The van der Waals surface area contributed by atoms with E-state index in [1.54, 1.807) is 0 Å². The van der Waals surface area contributed by atoms with Crippen molar-refractivity contribution < 1.29 is 4.79 Å². The van der Waals surface area contributed by atoms with E-state index in [1.165, 1.54) is 0 Å². The molecule has 1 amide bonds. The molecule has 1 rings (SSSR count). The Balaban J connectivity index is 2.42. The fraction of sp³-hybridized carbons (Fsp3) is 0.462. The zero-order valence-corrected chi connectivity index (χ0v) is 11.4. The molecule has 0 fully saturated rings. The summed E-state index contributed by atoms with van der Waals surface area (Å²) < 4.78 is 1.02. The van der Waals surface area contributed by atoms with E-state index in [4.69, 9.17) is 0 Å². The van der Waals surface area contributed by atoms with Crippen molar-refractivity contribution in [1.29, 1.82) is 0 Å². The lowest BCUT2D eigenvalue weighted by Crippen LogP contribution is -2.14. The topological polar surface area (TPSA) is 29.1 Å². The van der Waals surface area contributed by atoms with Gasteiger partial charge in [0.1, 0.15) is 0 Å². The van der Waals surface area contributed by atoms with Crippen LogP contribution in [0.5, 0.6) is 0 Å². The van der Waals surface area contributed by atoms with E-state index < -0.39 is 0 Å². The lowest BCUT2D eigenvalue weighted by molar-refractivity contribution is -0.117. The van der Waals surface area contributed by atoms with Gasteiger partial charge in [-0.3, -0.25) is 4.79 Å². The van der Waals surface area contributed by atoms with Crippen molar-refractivity contribution in [3.63, 3.8) is 0 Å². The molecule has 0 spiro atoms. The Hall–Kier alpha value is -0.830. The Morgan fingerprint density at radius 1 is 1.38 bits per heavy atom. The van der Waals surface area contributed by atoms with Crippen LogP contribution in [0.1, 0.15) is 33.1 Å². The molecule has 2 nitrogen and oxygen atoms in total.